The van der Waals surface area contributed by atoms with E-state index in [-0.39, 0.29) is 21.7 Å². The zero-order chi connectivity index (χ0) is 22.0. The van der Waals surface area contributed by atoms with E-state index in [4.69, 9.17) is 4.98 Å². The van der Waals surface area contributed by atoms with Crippen LogP contribution in [0.2, 0.25) is 0 Å². The van der Waals surface area contributed by atoms with E-state index in [1.54, 1.807) is 0 Å². The van der Waals surface area contributed by atoms with Crippen LogP contribution in [0.3, 0.4) is 0 Å². The first-order valence-electron chi connectivity index (χ1n) is 10.4. The lowest BCUT2D eigenvalue weighted by molar-refractivity contribution is 0.531. The SMILES string of the molecule is CC(C)(C)c1ccc(C(C)(C)C)nc1.CC(C)(C)c1cccc(C(C)(C)C)n1. The van der Waals surface area contributed by atoms with Gasteiger partial charge in [0, 0.05) is 39.5 Å². The van der Waals surface area contributed by atoms with Gasteiger partial charge in [-0.15, -0.1) is 0 Å². The van der Waals surface area contributed by atoms with Crippen LogP contribution in [0.25, 0.3) is 0 Å². The zero-order valence-electron chi connectivity index (χ0n) is 20.4. The normalized spacial score (nSPS) is 13.0. The Morgan fingerprint density at radius 2 is 0.929 bits per heavy atom. The molecule has 0 fully saturated rings. The molecule has 28 heavy (non-hydrogen) atoms. The fourth-order valence-electron chi connectivity index (χ4n) is 2.55. The van der Waals surface area contributed by atoms with Crippen molar-refractivity contribution in [3.8, 4) is 0 Å². The van der Waals surface area contributed by atoms with Crippen molar-refractivity contribution in [3.05, 3.63) is 59.2 Å². The third kappa shape index (κ3) is 7.37. The second kappa shape index (κ2) is 8.35. The summed E-state index contributed by atoms with van der Waals surface area (Å²) in [6, 6.07) is 10.6. The van der Waals surface area contributed by atoms with Gasteiger partial charge in [-0.05, 0) is 29.2 Å². The van der Waals surface area contributed by atoms with E-state index in [1.165, 1.54) is 17.0 Å². The van der Waals surface area contributed by atoms with Crippen molar-refractivity contribution in [3.63, 3.8) is 0 Å². The zero-order valence-corrected chi connectivity index (χ0v) is 20.4. The molecule has 2 heterocycles. The largest absolute Gasteiger partial charge is 0.260 e. The first-order valence-corrected chi connectivity index (χ1v) is 10.4. The predicted molar refractivity (Wildman–Crippen MR) is 123 cm³/mol. The van der Waals surface area contributed by atoms with Gasteiger partial charge in [0.05, 0.1) is 0 Å². The van der Waals surface area contributed by atoms with Crippen molar-refractivity contribution in [1.82, 2.24) is 9.97 Å². The average molecular weight is 383 g/mol. The Morgan fingerprint density at radius 1 is 0.500 bits per heavy atom. The molecule has 0 N–H and O–H groups in total. The van der Waals surface area contributed by atoms with Crippen molar-refractivity contribution in [1.29, 1.82) is 0 Å². The summed E-state index contributed by atoms with van der Waals surface area (Å²) in [6.45, 7) is 26.4. The molecule has 2 nitrogen and oxygen atoms in total. The van der Waals surface area contributed by atoms with Crippen LogP contribution in [-0.2, 0) is 21.7 Å². The maximum absolute atomic E-state index is 4.72. The van der Waals surface area contributed by atoms with Crippen molar-refractivity contribution in [2.24, 2.45) is 0 Å². The van der Waals surface area contributed by atoms with Crippen molar-refractivity contribution < 1.29 is 0 Å². The van der Waals surface area contributed by atoms with Gasteiger partial charge in [0.25, 0.3) is 0 Å². The Hall–Kier alpha value is -1.70. The monoisotopic (exact) mass is 382 g/mol. The average Bonchev–Trinajstić information content (AvgIpc) is 2.52. The lowest BCUT2D eigenvalue weighted by Crippen LogP contribution is -2.19. The van der Waals surface area contributed by atoms with Crippen LogP contribution >= 0.6 is 0 Å². The summed E-state index contributed by atoms with van der Waals surface area (Å²) in [5.74, 6) is 0. The van der Waals surface area contributed by atoms with Crippen LogP contribution in [-0.4, -0.2) is 9.97 Å². The Kier molecular flexibility index (Phi) is 7.26. The molecule has 0 saturated heterocycles. The minimum Gasteiger partial charge on any atom is -0.260 e. The second-order valence-electron chi connectivity index (χ2n) is 11.8. The summed E-state index contributed by atoms with van der Waals surface area (Å²) in [5.41, 5.74) is 5.42. The smallest absolute Gasteiger partial charge is 0.0460 e. The highest BCUT2D eigenvalue weighted by Gasteiger charge is 2.20. The summed E-state index contributed by atoms with van der Waals surface area (Å²) in [7, 11) is 0. The van der Waals surface area contributed by atoms with Crippen LogP contribution in [0.4, 0.5) is 0 Å². The minimum atomic E-state index is 0.140. The molecular weight excluding hydrogens is 340 g/mol. The standard InChI is InChI=1S/2C13H21N/c1-12(2,3)10-7-8-11(14-9-10)13(4,5)6;1-12(2,3)10-8-7-9-11(14-10)13(4,5)6/h2*7-9H,1-6H3. The molecule has 0 bridgehead atoms. The molecule has 0 aliphatic heterocycles. The summed E-state index contributed by atoms with van der Waals surface area (Å²) in [6.07, 6.45) is 2.00. The molecule has 0 saturated carbocycles. The molecule has 0 aromatic carbocycles. The molecule has 0 aliphatic rings. The fraction of sp³-hybridized carbons (Fsp3) is 0.615. The lowest BCUT2D eigenvalue weighted by Gasteiger charge is -2.23. The van der Waals surface area contributed by atoms with Crippen molar-refractivity contribution in [2.45, 2.75) is 105 Å². The third-order valence-electron chi connectivity index (χ3n) is 4.68. The second-order valence-corrected chi connectivity index (χ2v) is 11.8. The van der Waals surface area contributed by atoms with Gasteiger partial charge in [-0.1, -0.05) is 95.2 Å². The van der Waals surface area contributed by atoms with E-state index in [0.717, 1.165) is 5.69 Å². The summed E-state index contributed by atoms with van der Waals surface area (Å²) < 4.78 is 0. The first kappa shape index (κ1) is 24.3. The van der Waals surface area contributed by atoms with Crippen LogP contribution in [0, 0.1) is 0 Å². The highest BCUT2D eigenvalue weighted by Crippen LogP contribution is 2.26. The van der Waals surface area contributed by atoms with Crippen molar-refractivity contribution >= 4 is 0 Å². The quantitative estimate of drug-likeness (QED) is 0.476. The van der Waals surface area contributed by atoms with Gasteiger partial charge in [0.15, 0.2) is 0 Å². The van der Waals surface area contributed by atoms with E-state index < -0.39 is 0 Å². The Morgan fingerprint density at radius 3 is 1.21 bits per heavy atom. The highest BCUT2D eigenvalue weighted by molar-refractivity contribution is 5.24. The van der Waals surface area contributed by atoms with Gasteiger partial charge in [-0.25, -0.2) is 0 Å². The summed E-state index contributed by atoms with van der Waals surface area (Å²) in [5, 5.41) is 0. The van der Waals surface area contributed by atoms with Crippen LogP contribution < -0.4 is 0 Å². The molecular formula is C26H42N2. The van der Waals surface area contributed by atoms with Gasteiger partial charge in [-0.2, -0.15) is 0 Å². The molecule has 0 amide bonds. The Labute approximate surface area is 174 Å². The molecule has 2 heteroatoms. The number of rotatable bonds is 0. The van der Waals surface area contributed by atoms with Gasteiger partial charge in [0.1, 0.15) is 0 Å². The third-order valence-corrected chi connectivity index (χ3v) is 4.68. The maximum atomic E-state index is 4.72. The molecule has 0 atom stereocenters. The fourth-order valence-corrected chi connectivity index (χ4v) is 2.55. The minimum absolute atomic E-state index is 0.140. The summed E-state index contributed by atoms with van der Waals surface area (Å²) >= 11 is 0. The van der Waals surface area contributed by atoms with Crippen LogP contribution in [0.5, 0.6) is 0 Å². The van der Waals surface area contributed by atoms with Gasteiger partial charge >= 0.3 is 0 Å². The van der Waals surface area contributed by atoms with E-state index in [1.807, 2.05) is 6.20 Å². The summed E-state index contributed by atoms with van der Waals surface area (Å²) in [4.78, 5) is 9.23. The van der Waals surface area contributed by atoms with E-state index in [2.05, 4.69) is 118 Å². The predicted octanol–water partition coefficient (Wildman–Crippen LogP) is 7.35. The van der Waals surface area contributed by atoms with Crippen molar-refractivity contribution in [2.75, 3.05) is 0 Å². The van der Waals surface area contributed by atoms with Crippen LogP contribution in [0.1, 0.15) is 106 Å². The molecule has 2 aromatic rings. The first-order chi connectivity index (χ1) is 12.4. The molecule has 156 valence electrons. The number of hydrogen-bond acceptors (Lipinski definition) is 2. The lowest BCUT2D eigenvalue weighted by atomic mass is 9.86. The molecule has 0 spiro atoms. The maximum Gasteiger partial charge on any atom is 0.0460 e. The molecule has 2 rings (SSSR count). The Bertz CT molecular complexity index is 681. The Balaban J connectivity index is 0.000000280. The number of pyridine rings is 2. The topological polar surface area (TPSA) is 25.8 Å². The van der Waals surface area contributed by atoms with Gasteiger partial charge < -0.3 is 0 Å². The van der Waals surface area contributed by atoms with E-state index in [9.17, 15) is 0 Å². The van der Waals surface area contributed by atoms with Gasteiger partial charge in [-0.3, -0.25) is 9.97 Å². The van der Waals surface area contributed by atoms with E-state index >= 15 is 0 Å². The van der Waals surface area contributed by atoms with Gasteiger partial charge in [0.2, 0.25) is 0 Å². The molecule has 0 unspecified atom stereocenters. The highest BCUT2D eigenvalue weighted by atomic mass is 14.7. The molecule has 0 aliphatic carbocycles. The number of aromatic nitrogens is 2. The molecule has 0 radical (unpaired) electrons. The molecule has 2 aromatic heterocycles. The van der Waals surface area contributed by atoms with Crippen LogP contribution in [0.15, 0.2) is 36.5 Å². The number of nitrogens with zero attached hydrogens (tertiary/aromatic N) is 2. The van der Waals surface area contributed by atoms with E-state index in [0.29, 0.717) is 0 Å². The number of hydrogen-bond donors (Lipinski definition) is 0.